The first kappa shape index (κ1) is 15.6. The fraction of sp³-hybridized carbons (Fsp3) is 0.294. The van der Waals surface area contributed by atoms with E-state index in [9.17, 15) is 0 Å². The van der Waals surface area contributed by atoms with Crippen LogP contribution in [0.4, 0.5) is 5.69 Å². The van der Waals surface area contributed by atoms with Crippen molar-refractivity contribution in [2.45, 2.75) is 12.6 Å². The molecule has 116 valence electrons. The molecule has 0 aromatic heterocycles. The zero-order valence-corrected chi connectivity index (χ0v) is 13.6. The molecule has 2 N–H and O–H groups in total. The van der Waals surface area contributed by atoms with Crippen molar-refractivity contribution >= 4 is 28.9 Å². The first-order valence-electron chi connectivity index (χ1n) is 7.33. The number of benzene rings is 2. The SMILES string of the molecule is Clc1cccc(Cl)c1CNc1ccc(C2CNCCO2)cc1. The van der Waals surface area contributed by atoms with Gasteiger partial charge in [-0.2, -0.15) is 0 Å². The van der Waals surface area contributed by atoms with E-state index >= 15 is 0 Å². The van der Waals surface area contributed by atoms with Crippen molar-refractivity contribution in [1.82, 2.24) is 5.32 Å². The molecule has 22 heavy (non-hydrogen) atoms. The topological polar surface area (TPSA) is 33.3 Å². The van der Waals surface area contributed by atoms with Crippen LogP contribution in [0, 0.1) is 0 Å². The number of anilines is 1. The van der Waals surface area contributed by atoms with Crippen molar-refractivity contribution < 1.29 is 4.74 Å². The Labute approximate surface area is 140 Å². The summed E-state index contributed by atoms with van der Waals surface area (Å²) in [5.74, 6) is 0. The Hall–Kier alpha value is -1.26. The Morgan fingerprint density at radius 2 is 1.82 bits per heavy atom. The second-order valence-electron chi connectivity index (χ2n) is 5.24. The molecule has 0 saturated carbocycles. The van der Waals surface area contributed by atoms with E-state index in [-0.39, 0.29) is 6.10 Å². The summed E-state index contributed by atoms with van der Waals surface area (Å²) in [6, 6.07) is 13.8. The van der Waals surface area contributed by atoms with E-state index in [0.717, 1.165) is 30.9 Å². The first-order valence-corrected chi connectivity index (χ1v) is 8.08. The van der Waals surface area contributed by atoms with Crippen molar-refractivity contribution in [3.8, 4) is 0 Å². The summed E-state index contributed by atoms with van der Waals surface area (Å²) in [6.45, 7) is 3.14. The van der Waals surface area contributed by atoms with Crippen molar-refractivity contribution in [2.24, 2.45) is 0 Å². The standard InChI is InChI=1S/C17H18Cl2N2O/c18-15-2-1-3-16(19)14(15)10-21-13-6-4-12(5-7-13)17-11-20-8-9-22-17/h1-7,17,20-21H,8-11H2. The van der Waals surface area contributed by atoms with Gasteiger partial charge in [0.25, 0.3) is 0 Å². The van der Waals surface area contributed by atoms with Crippen LogP contribution in [0.5, 0.6) is 0 Å². The number of rotatable bonds is 4. The van der Waals surface area contributed by atoms with Crippen LogP contribution in [-0.4, -0.2) is 19.7 Å². The van der Waals surface area contributed by atoms with Gasteiger partial charge in [0.2, 0.25) is 0 Å². The summed E-state index contributed by atoms with van der Waals surface area (Å²) in [4.78, 5) is 0. The summed E-state index contributed by atoms with van der Waals surface area (Å²) in [5.41, 5.74) is 3.13. The Kier molecular flexibility index (Phi) is 5.21. The predicted molar refractivity (Wildman–Crippen MR) is 91.8 cm³/mol. The van der Waals surface area contributed by atoms with Gasteiger partial charge in [0, 0.05) is 40.9 Å². The maximum absolute atomic E-state index is 6.17. The lowest BCUT2D eigenvalue weighted by atomic mass is 10.1. The third kappa shape index (κ3) is 3.73. The minimum Gasteiger partial charge on any atom is -0.381 e. The van der Waals surface area contributed by atoms with E-state index < -0.39 is 0 Å². The summed E-state index contributed by atoms with van der Waals surface area (Å²) in [7, 11) is 0. The molecule has 1 aliphatic heterocycles. The normalized spacial score (nSPS) is 18.2. The Morgan fingerprint density at radius 3 is 2.45 bits per heavy atom. The van der Waals surface area contributed by atoms with Crippen LogP contribution < -0.4 is 10.6 Å². The van der Waals surface area contributed by atoms with Gasteiger partial charge in [0.15, 0.2) is 0 Å². The van der Waals surface area contributed by atoms with Crippen LogP contribution >= 0.6 is 23.2 Å². The summed E-state index contributed by atoms with van der Waals surface area (Å²) in [5, 5.41) is 8.04. The van der Waals surface area contributed by atoms with Gasteiger partial charge in [-0.3, -0.25) is 0 Å². The maximum atomic E-state index is 6.17. The van der Waals surface area contributed by atoms with Crippen molar-refractivity contribution in [3.63, 3.8) is 0 Å². The molecule has 1 fully saturated rings. The second-order valence-corrected chi connectivity index (χ2v) is 6.05. The van der Waals surface area contributed by atoms with E-state index in [0.29, 0.717) is 16.6 Å². The van der Waals surface area contributed by atoms with Crippen molar-refractivity contribution in [1.29, 1.82) is 0 Å². The van der Waals surface area contributed by atoms with E-state index in [4.69, 9.17) is 27.9 Å². The smallest absolute Gasteiger partial charge is 0.0949 e. The third-order valence-corrected chi connectivity index (χ3v) is 4.45. The van der Waals surface area contributed by atoms with Gasteiger partial charge >= 0.3 is 0 Å². The average Bonchev–Trinajstić information content (AvgIpc) is 2.56. The average molecular weight is 337 g/mol. The van der Waals surface area contributed by atoms with Gasteiger partial charge in [-0.15, -0.1) is 0 Å². The quantitative estimate of drug-likeness (QED) is 0.874. The highest BCUT2D eigenvalue weighted by Crippen LogP contribution is 2.26. The van der Waals surface area contributed by atoms with E-state index in [1.165, 1.54) is 5.56 Å². The highest BCUT2D eigenvalue weighted by atomic mass is 35.5. The van der Waals surface area contributed by atoms with Gasteiger partial charge in [0.05, 0.1) is 12.7 Å². The molecule has 1 atom stereocenters. The van der Waals surface area contributed by atoms with Crippen LogP contribution in [0.2, 0.25) is 10.0 Å². The maximum Gasteiger partial charge on any atom is 0.0949 e. The van der Waals surface area contributed by atoms with Crippen LogP contribution in [0.25, 0.3) is 0 Å². The van der Waals surface area contributed by atoms with E-state index in [1.807, 2.05) is 18.2 Å². The minimum absolute atomic E-state index is 0.140. The van der Waals surface area contributed by atoms with Crippen molar-refractivity contribution in [3.05, 3.63) is 63.6 Å². The molecule has 1 unspecified atom stereocenters. The highest BCUT2D eigenvalue weighted by Gasteiger charge is 2.15. The second kappa shape index (κ2) is 7.34. The number of hydrogen-bond acceptors (Lipinski definition) is 3. The molecule has 1 heterocycles. The Bertz CT molecular complexity index is 605. The lowest BCUT2D eigenvalue weighted by Gasteiger charge is -2.24. The minimum atomic E-state index is 0.140. The monoisotopic (exact) mass is 336 g/mol. The molecular formula is C17H18Cl2N2O. The Balaban J connectivity index is 1.64. The zero-order chi connectivity index (χ0) is 15.4. The number of ether oxygens (including phenoxy) is 1. The van der Waals surface area contributed by atoms with Crippen LogP contribution in [-0.2, 0) is 11.3 Å². The summed E-state index contributed by atoms with van der Waals surface area (Å²) in [6.07, 6.45) is 0.140. The number of nitrogens with one attached hydrogen (secondary N) is 2. The van der Waals surface area contributed by atoms with Crippen LogP contribution in [0.1, 0.15) is 17.2 Å². The van der Waals surface area contributed by atoms with Crippen LogP contribution in [0.3, 0.4) is 0 Å². The lowest BCUT2D eigenvalue weighted by molar-refractivity contribution is 0.0277. The molecule has 2 aromatic carbocycles. The molecule has 0 radical (unpaired) electrons. The fourth-order valence-electron chi connectivity index (χ4n) is 2.49. The fourth-order valence-corrected chi connectivity index (χ4v) is 3.02. The molecule has 1 saturated heterocycles. The van der Waals surface area contributed by atoms with Gasteiger partial charge in [0.1, 0.15) is 0 Å². The molecular weight excluding hydrogens is 319 g/mol. The van der Waals surface area contributed by atoms with Gasteiger partial charge in [-0.1, -0.05) is 41.4 Å². The Morgan fingerprint density at radius 1 is 1.09 bits per heavy atom. The molecule has 3 rings (SSSR count). The van der Waals surface area contributed by atoms with Crippen molar-refractivity contribution in [2.75, 3.05) is 25.0 Å². The first-order chi connectivity index (χ1) is 10.7. The molecule has 0 spiro atoms. The predicted octanol–water partition coefficient (Wildman–Crippen LogP) is 4.27. The van der Waals surface area contributed by atoms with Gasteiger partial charge < -0.3 is 15.4 Å². The summed E-state index contributed by atoms with van der Waals surface area (Å²) >= 11 is 12.3. The van der Waals surface area contributed by atoms with Gasteiger partial charge in [-0.25, -0.2) is 0 Å². The molecule has 5 heteroatoms. The third-order valence-electron chi connectivity index (χ3n) is 3.74. The molecule has 0 amide bonds. The largest absolute Gasteiger partial charge is 0.381 e. The molecule has 1 aliphatic rings. The zero-order valence-electron chi connectivity index (χ0n) is 12.1. The number of hydrogen-bond donors (Lipinski definition) is 2. The highest BCUT2D eigenvalue weighted by molar-refractivity contribution is 6.36. The van der Waals surface area contributed by atoms with Crippen LogP contribution in [0.15, 0.2) is 42.5 Å². The summed E-state index contributed by atoms with van der Waals surface area (Å²) < 4.78 is 5.75. The molecule has 3 nitrogen and oxygen atoms in total. The lowest BCUT2D eigenvalue weighted by Crippen LogP contribution is -2.33. The van der Waals surface area contributed by atoms with Gasteiger partial charge in [-0.05, 0) is 29.8 Å². The van der Waals surface area contributed by atoms with E-state index in [1.54, 1.807) is 0 Å². The molecule has 0 bridgehead atoms. The van der Waals surface area contributed by atoms with E-state index in [2.05, 4.69) is 34.9 Å². The molecule has 2 aromatic rings. The number of halogens is 2. The molecule has 0 aliphatic carbocycles. The number of morpholine rings is 1.